The lowest BCUT2D eigenvalue weighted by atomic mass is 10.2. The summed E-state index contributed by atoms with van der Waals surface area (Å²) in [6.07, 6.45) is 3.17. The summed E-state index contributed by atoms with van der Waals surface area (Å²) in [5, 5.41) is 13.1. The molecule has 4 aromatic heterocycles. The molecule has 34 heavy (non-hydrogen) atoms. The zero-order valence-electron chi connectivity index (χ0n) is 18.0. The highest BCUT2D eigenvalue weighted by molar-refractivity contribution is 7.99. The lowest BCUT2D eigenvalue weighted by Crippen LogP contribution is -2.20. The van der Waals surface area contributed by atoms with E-state index in [0.29, 0.717) is 51.9 Å². The Labute approximate surface area is 200 Å². The number of nitrogens with one attached hydrogen (secondary N) is 1. The number of hydrogen-bond acceptors (Lipinski definition) is 10. The molecule has 0 saturated heterocycles. The second kappa shape index (κ2) is 8.65. The molecule has 0 saturated carbocycles. The van der Waals surface area contributed by atoms with Gasteiger partial charge in [0, 0.05) is 18.1 Å². The van der Waals surface area contributed by atoms with Crippen LogP contribution in [0.15, 0.2) is 51.8 Å². The lowest BCUT2D eigenvalue weighted by molar-refractivity contribution is 0.171. The van der Waals surface area contributed by atoms with E-state index >= 15 is 0 Å². The number of H-pyrrole nitrogens is 1. The number of ether oxygens (including phenoxy) is 2. The molecule has 0 radical (unpaired) electrons. The van der Waals surface area contributed by atoms with Crippen molar-refractivity contribution in [1.29, 1.82) is 0 Å². The summed E-state index contributed by atoms with van der Waals surface area (Å²) in [7, 11) is 0. The molecule has 0 fully saturated rings. The van der Waals surface area contributed by atoms with Crippen LogP contribution in [-0.4, -0.2) is 58.3 Å². The summed E-state index contributed by atoms with van der Waals surface area (Å²) < 4.78 is 14.2. The molecule has 11 nitrogen and oxygen atoms in total. The molecule has 1 aromatic carbocycles. The van der Waals surface area contributed by atoms with Crippen molar-refractivity contribution in [3.05, 3.63) is 52.6 Å². The van der Waals surface area contributed by atoms with E-state index in [-0.39, 0.29) is 5.56 Å². The molecule has 5 heterocycles. The maximum atomic E-state index is 13.1. The topological polar surface area (TPSA) is 125 Å². The number of benzene rings is 1. The standard InChI is InChI=1S/C21H18N8O3S2/c1-2-33-20-24-19(25-26-20)28-6-5-14-13(17(28)30)10-22-18-23-21(27-29(14)18)34-11-12-3-4-15-16(9-12)32-8-7-31-15/h3-6,9-10H,2,7-8,11H2,1H3,(H,24,25,26). The van der Waals surface area contributed by atoms with Gasteiger partial charge in [0.25, 0.3) is 11.3 Å². The van der Waals surface area contributed by atoms with Gasteiger partial charge in [-0.1, -0.05) is 36.5 Å². The number of hydrogen-bond donors (Lipinski definition) is 1. The number of thioether (sulfide) groups is 2. The van der Waals surface area contributed by atoms with E-state index in [1.165, 1.54) is 34.3 Å². The van der Waals surface area contributed by atoms with Gasteiger partial charge < -0.3 is 9.47 Å². The molecule has 0 spiro atoms. The van der Waals surface area contributed by atoms with Crippen molar-refractivity contribution in [1.82, 2.24) is 39.3 Å². The zero-order chi connectivity index (χ0) is 23.1. The minimum absolute atomic E-state index is 0.267. The van der Waals surface area contributed by atoms with E-state index < -0.39 is 0 Å². The number of aromatic amines is 1. The fourth-order valence-corrected chi connectivity index (χ4v) is 4.87. The van der Waals surface area contributed by atoms with Crippen LogP contribution in [0.2, 0.25) is 0 Å². The molecule has 1 aliphatic heterocycles. The van der Waals surface area contributed by atoms with Gasteiger partial charge in [0.1, 0.15) is 13.2 Å². The fourth-order valence-electron chi connectivity index (χ4n) is 3.59. The molecule has 0 aliphatic carbocycles. The Bertz CT molecular complexity index is 1580. The van der Waals surface area contributed by atoms with Crippen molar-refractivity contribution in [2.24, 2.45) is 0 Å². The van der Waals surface area contributed by atoms with Gasteiger partial charge in [-0.2, -0.15) is 14.5 Å². The maximum Gasteiger partial charge on any atom is 0.268 e. The van der Waals surface area contributed by atoms with Crippen LogP contribution in [0.3, 0.4) is 0 Å². The fraction of sp³-hybridized carbons (Fsp3) is 0.238. The van der Waals surface area contributed by atoms with Crippen LogP contribution in [0.4, 0.5) is 0 Å². The number of fused-ring (bicyclic) bond motifs is 4. The Kier molecular flexibility index (Phi) is 5.34. The van der Waals surface area contributed by atoms with Crippen LogP contribution in [0.1, 0.15) is 12.5 Å². The Morgan fingerprint density at radius 3 is 2.85 bits per heavy atom. The predicted octanol–water partition coefficient (Wildman–Crippen LogP) is 2.72. The summed E-state index contributed by atoms with van der Waals surface area (Å²) in [5.41, 5.74) is 1.42. The molecule has 1 aliphatic rings. The van der Waals surface area contributed by atoms with Gasteiger partial charge >= 0.3 is 0 Å². The highest BCUT2D eigenvalue weighted by Gasteiger charge is 2.15. The van der Waals surface area contributed by atoms with Crippen molar-refractivity contribution in [2.75, 3.05) is 19.0 Å². The molecule has 13 heteroatoms. The second-order valence-corrected chi connectivity index (χ2v) is 9.47. The van der Waals surface area contributed by atoms with E-state index in [4.69, 9.17) is 9.47 Å². The smallest absolute Gasteiger partial charge is 0.268 e. The molecular weight excluding hydrogens is 476 g/mol. The molecule has 0 bridgehead atoms. The summed E-state index contributed by atoms with van der Waals surface area (Å²) >= 11 is 2.98. The van der Waals surface area contributed by atoms with Crippen molar-refractivity contribution in [2.45, 2.75) is 23.0 Å². The normalized spacial score (nSPS) is 13.1. The van der Waals surface area contributed by atoms with Crippen LogP contribution in [0.5, 0.6) is 11.5 Å². The average molecular weight is 495 g/mol. The van der Waals surface area contributed by atoms with Crippen molar-refractivity contribution in [3.63, 3.8) is 0 Å². The third-order valence-electron chi connectivity index (χ3n) is 5.14. The van der Waals surface area contributed by atoms with Crippen molar-refractivity contribution in [3.8, 4) is 17.4 Å². The monoisotopic (exact) mass is 494 g/mol. The van der Waals surface area contributed by atoms with Gasteiger partial charge in [-0.05, 0) is 29.5 Å². The molecule has 172 valence electrons. The Balaban J connectivity index is 1.29. The molecule has 0 atom stereocenters. The van der Waals surface area contributed by atoms with Gasteiger partial charge in [-0.3, -0.25) is 9.36 Å². The van der Waals surface area contributed by atoms with Gasteiger partial charge in [-0.15, -0.1) is 10.2 Å². The number of nitrogens with zero attached hydrogens (tertiary/aromatic N) is 7. The average Bonchev–Trinajstić information content (AvgIpc) is 3.50. The third kappa shape index (κ3) is 3.76. The Morgan fingerprint density at radius 1 is 1.09 bits per heavy atom. The first-order chi connectivity index (χ1) is 16.7. The van der Waals surface area contributed by atoms with Crippen molar-refractivity contribution < 1.29 is 9.47 Å². The minimum Gasteiger partial charge on any atom is -0.486 e. The number of aromatic nitrogens is 8. The Morgan fingerprint density at radius 2 is 1.97 bits per heavy atom. The van der Waals surface area contributed by atoms with Gasteiger partial charge in [0.15, 0.2) is 11.5 Å². The van der Waals surface area contributed by atoms with Crippen LogP contribution in [0, 0.1) is 0 Å². The summed E-state index contributed by atoms with van der Waals surface area (Å²) in [4.78, 5) is 26.3. The maximum absolute atomic E-state index is 13.1. The first-order valence-electron chi connectivity index (χ1n) is 10.5. The quantitative estimate of drug-likeness (QED) is 0.352. The molecule has 1 N–H and O–H groups in total. The number of rotatable bonds is 6. The van der Waals surface area contributed by atoms with E-state index in [1.54, 1.807) is 16.8 Å². The van der Waals surface area contributed by atoms with Gasteiger partial charge in [0.05, 0.1) is 10.9 Å². The van der Waals surface area contributed by atoms with E-state index in [9.17, 15) is 4.79 Å². The van der Waals surface area contributed by atoms with Crippen LogP contribution in [0.25, 0.3) is 22.6 Å². The van der Waals surface area contributed by atoms with Crippen molar-refractivity contribution >= 4 is 40.2 Å². The SMILES string of the molecule is CCSc1n[nH]c(-n2ccc3c(cnc4nc(SCc5ccc6c(c5)OCCO6)nn43)c2=O)n1. The van der Waals surface area contributed by atoms with Crippen LogP contribution in [-0.2, 0) is 5.75 Å². The second-order valence-electron chi connectivity index (χ2n) is 7.30. The zero-order valence-corrected chi connectivity index (χ0v) is 19.6. The molecule has 5 aromatic rings. The van der Waals surface area contributed by atoms with E-state index in [2.05, 4.69) is 30.2 Å². The highest BCUT2D eigenvalue weighted by atomic mass is 32.2. The van der Waals surface area contributed by atoms with Crippen LogP contribution >= 0.6 is 23.5 Å². The minimum atomic E-state index is -0.267. The molecule has 0 amide bonds. The number of pyridine rings is 1. The third-order valence-corrected chi connectivity index (χ3v) is 6.78. The van der Waals surface area contributed by atoms with Gasteiger partial charge in [0.2, 0.25) is 16.3 Å². The largest absolute Gasteiger partial charge is 0.486 e. The molecular formula is C21H18N8O3S2. The predicted molar refractivity (Wildman–Crippen MR) is 127 cm³/mol. The first kappa shape index (κ1) is 21.0. The first-order valence-corrected chi connectivity index (χ1v) is 12.5. The summed E-state index contributed by atoms with van der Waals surface area (Å²) in [6.45, 7) is 3.13. The summed E-state index contributed by atoms with van der Waals surface area (Å²) in [6, 6.07) is 7.69. The Hall–Kier alpha value is -3.58. The lowest BCUT2D eigenvalue weighted by Gasteiger charge is -2.18. The van der Waals surface area contributed by atoms with E-state index in [1.807, 2.05) is 25.1 Å². The summed E-state index contributed by atoms with van der Waals surface area (Å²) in [5.74, 6) is 3.80. The molecule has 0 unspecified atom stereocenters. The van der Waals surface area contributed by atoms with E-state index in [0.717, 1.165) is 22.8 Å². The van der Waals surface area contributed by atoms with Gasteiger partial charge in [-0.25, -0.2) is 10.1 Å². The molecule has 6 rings (SSSR count). The highest BCUT2D eigenvalue weighted by Crippen LogP contribution is 2.32. The van der Waals surface area contributed by atoms with Crippen LogP contribution < -0.4 is 15.0 Å².